The normalized spacial score (nSPS) is 15.4. The van der Waals surface area contributed by atoms with E-state index in [-0.39, 0.29) is 12.5 Å². The Morgan fingerprint density at radius 3 is 2.64 bits per heavy atom. The predicted molar refractivity (Wildman–Crippen MR) is 110 cm³/mol. The van der Waals surface area contributed by atoms with E-state index in [2.05, 4.69) is 35.0 Å². The molecule has 1 aromatic carbocycles. The molecule has 0 unspecified atom stereocenters. The molecule has 0 radical (unpaired) electrons. The number of likely N-dealkylation sites (tertiary alicyclic amines) is 1. The second-order valence-corrected chi connectivity index (χ2v) is 7.19. The molecule has 0 bridgehead atoms. The lowest BCUT2D eigenvalue weighted by Crippen LogP contribution is -2.40. The van der Waals surface area contributed by atoms with Crippen LogP contribution in [0.5, 0.6) is 0 Å². The molecule has 0 spiro atoms. The molecule has 2 aromatic rings. The van der Waals surface area contributed by atoms with E-state index in [0.717, 1.165) is 45.7 Å². The summed E-state index contributed by atoms with van der Waals surface area (Å²) in [5, 5.41) is 1.33. The third-order valence-electron chi connectivity index (χ3n) is 5.44. The highest BCUT2D eigenvalue weighted by molar-refractivity contribution is 5.84. The van der Waals surface area contributed by atoms with Crippen molar-refractivity contribution in [2.75, 3.05) is 53.2 Å². The number of methoxy groups -OCH3 is 1. The molecule has 0 atom stereocenters. The summed E-state index contributed by atoms with van der Waals surface area (Å²) in [5.74, 6) is 0.561. The van der Waals surface area contributed by atoms with E-state index in [4.69, 9.17) is 14.2 Å². The molecule has 2 heterocycles. The van der Waals surface area contributed by atoms with Gasteiger partial charge in [-0.25, -0.2) is 0 Å². The molecule has 3 rings (SSSR count). The van der Waals surface area contributed by atoms with E-state index in [0.29, 0.717) is 19.1 Å². The third kappa shape index (κ3) is 5.13. The molecule has 0 aliphatic carbocycles. The Morgan fingerprint density at radius 1 is 1.11 bits per heavy atom. The largest absolute Gasteiger partial charge is 0.382 e. The topological polar surface area (TPSA) is 52.9 Å². The number of fused-ring (bicyclic) bond motifs is 1. The first-order chi connectivity index (χ1) is 13.7. The minimum Gasteiger partial charge on any atom is -0.382 e. The molecular formula is C22H32N2O4. The Morgan fingerprint density at radius 2 is 1.89 bits per heavy atom. The summed E-state index contributed by atoms with van der Waals surface area (Å²) < 4.78 is 18.2. The lowest BCUT2D eigenvalue weighted by molar-refractivity contribution is -0.137. The average molecular weight is 389 g/mol. The smallest absolute Gasteiger partial charge is 0.248 e. The molecule has 6 heteroatoms. The van der Waals surface area contributed by atoms with Crippen LogP contribution in [0.2, 0.25) is 0 Å². The maximum atomic E-state index is 12.3. The average Bonchev–Trinajstić information content (AvgIpc) is 3.10. The summed E-state index contributed by atoms with van der Waals surface area (Å²) >= 11 is 0. The van der Waals surface area contributed by atoms with Crippen molar-refractivity contribution in [2.24, 2.45) is 0 Å². The third-order valence-corrected chi connectivity index (χ3v) is 5.44. The molecular weight excluding hydrogens is 356 g/mol. The van der Waals surface area contributed by atoms with Gasteiger partial charge in [-0.2, -0.15) is 0 Å². The summed E-state index contributed by atoms with van der Waals surface area (Å²) in [4.78, 5) is 14.2. The number of ether oxygens (including phenoxy) is 3. The first-order valence-corrected chi connectivity index (χ1v) is 10.2. The number of piperidine rings is 1. The van der Waals surface area contributed by atoms with Gasteiger partial charge >= 0.3 is 0 Å². The van der Waals surface area contributed by atoms with Crippen LogP contribution in [-0.2, 0) is 25.5 Å². The second kappa shape index (κ2) is 10.6. The Balaban J connectivity index is 1.61. The van der Waals surface area contributed by atoms with Crippen molar-refractivity contribution in [3.63, 3.8) is 0 Å². The molecule has 28 heavy (non-hydrogen) atoms. The van der Waals surface area contributed by atoms with Crippen LogP contribution in [0.1, 0.15) is 31.2 Å². The van der Waals surface area contributed by atoms with E-state index in [1.54, 1.807) is 7.11 Å². The fourth-order valence-corrected chi connectivity index (χ4v) is 3.93. The minimum absolute atomic E-state index is 0.0775. The van der Waals surface area contributed by atoms with E-state index in [9.17, 15) is 4.79 Å². The zero-order valence-corrected chi connectivity index (χ0v) is 17.1. The van der Waals surface area contributed by atoms with E-state index in [1.807, 2.05) is 11.8 Å². The molecule has 154 valence electrons. The molecule has 1 amide bonds. The van der Waals surface area contributed by atoms with E-state index >= 15 is 0 Å². The first-order valence-electron chi connectivity index (χ1n) is 10.2. The van der Waals surface area contributed by atoms with Gasteiger partial charge in [0.25, 0.3) is 0 Å². The summed E-state index contributed by atoms with van der Waals surface area (Å²) in [5.41, 5.74) is 2.66. The predicted octanol–water partition coefficient (Wildman–Crippen LogP) is 3.05. The molecule has 1 fully saturated rings. The zero-order chi connectivity index (χ0) is 19.8. The molecule has 0 saturated carbocycles. The fraction of sp³-hybridized carbons (Fsp3) is 0.591. The van der Waals surface area contributed by atoms with Gasteiger partial charge in [0, 0.05) is 50.5 Å². The number of benzene rings is 1. The first kappa shape index (κ1) is 20.8. The number of hydrogen-bond acceptors (Lipinski definition) is 4. The van der Waals surface area contributed by atoms with Crippen molar-refractivity contribution >= 4 is 16.8 Å². The number of carbonyl (C=O) groups excluding carboxylic acids is 1. The number of para-hydroxylation sites is 1. The highest BCUT2D eigenvalue weighted by Gasteiger charge is 2.26. The lowest BCUT2D eigenvalue weighted by Gasteiger charge is -2.32. The van der Waals surface area contributed by atoms with Crippen molar-refractivity contribution < 1.29 is 19.0 Å². The number of hydrogen-bond donors (Lipinski definition) is 0. The molecule has 1 aliphatic heterocycles. The van der Waals surface area contributed by atoms with Gasteiger partial charge in [0.15, 0.2) is 0 Å². The standard InChI is InChI=1S/C22H32N2O4/c1-3-27-13-12-24-16-20(19-6-4-5-7-21(19)24)18-8-10-23(11-9-18)22(25)17-28-15-14-26-2/h4-7,16,18H,3,8-15,17H2,1-2H3. The van der Waals surface area contributed by atoms with Crippen molar-refractivity contribution in [1.82, 2.24) is 9.47 Å². The molecule has 1 saturated heterocycles. The van der Waals surface area contributed by atoms with Crippen molar-refractivity contribution in [3.05, 3.63) is 36.0 Å². The van der Waals surface area contributed by atoms with Crippen LogP contribution in [0, 0.1) is 0 Å². The summed E-state index contributed by atoms with van der Waals surface area (Å²) in [6.07, 6.45) is 4.27. The number of nitrogens with zero attached hydrogens (tertiary/aromatic N) is 2. The van der Waals surface area contributed by atoms with Gasteiger partial charge in [0.2, 0.25) is 5.91 Å². The maximum absolute atomic E-state index is 12.3. The highest BCUT2D eigenvalue weighted by Crippen LogP contribution is 2.34. The SMILES string of the molecule is CCOCCn1cc(C2CCN(C(=O)COCCOC)CC2)c2ccccc21. The quantitative estimate of drug-likeness (QED) is 0.587. The number of amides is 1. The molecule has 1 aromatic heterocycles. The van der Waals surface area contributed by atoms with Crippen LogP contribution >= 0.6 is 0 Å². The van der Waals surface area contributed by atoms with Gasteiger partial charge < -0.3 is 23.7 Å². The Hall–Kier alpha value is -1.89. The Bertz CT molecular complexity index is 750. The van der Waals surface area contributed by atoms with Gasteiger partial charge in [0.1, 0.15) is 6.61 Å². The van der Waals surface area contributed by atoms with Gasteiger partial charge in [-0.05, 0) is 37.3 Å². The molecule has 1 aliphatic rings. The van der Waals surface area contributed by atoms with Gasteiger partial charge in [-0.1, -0.05) is 18.2 Å². The van der Waals surface area contributed by atoms with Crippen LogP contribution in [0.4, 0.5) is 0 Å². The molecule has 6 nitrogen and oxygen atoms in total. The summed E-state index contributed by atoms with van der Waals surface area (Å²) in [6, 6.07) is 8.59. The van der Waals surface area contributed by atoms with Gasteiger partial charge in [-0.15, -0.1) is 0 Å². The zero-order valence-electron chi connectivity index (χ0n) is 17.1. The van der Waals surface area contributed by atoms with Gasteiger partial charge in [0.05, 0.1) is 19.8 Å². The van der Waals surface area contributed by atoms with Crippen LogP contribution in [0.3, 0.4) is 0 Å². The second-order valence-electron chi connectivity index (χ2n) is 7.19. The summed E-state index contributed by atoms with van der Waals surface area (Å²) in [6.45, 7) is 7.05. The molecule has 0 N–H and O–H groups in total. The van der Waals surface area contributed by atoms with E-state index in [1.165, 1.54) is 16.5 Å². The summed E-state index contributed by atoms with van der Waals surface area (Å²) in [7, 11) is 1.63. The Labute approximate surface area is 167 Å². The maximum Gasteiger partial charge on any atom is 0.248 e. The lowest BCUT2D eigenvalue weighted by atomic mass is 9.89. The number of rotatable bonds is 10. The van der Waals surface area contributed by atoms with Crippen LogP contribution in [0.25, 0.3) is 10.9 Å². The monoisotopic (exact) mass is 388 g/mol. The van der Waals surface area contributed by atoms with E-state index < -0.39 is 0 Å². The van der Waals surface area contributed by atoms with Crippen LogP contribution in [-0.4, -0.2) is 68.6 Å². The van der Waals surface area contributed by atoms with Crippen LogP contribution in [0.15, 0.2) is 30.5 Å². The Kier molecular flexibility index (Phi) is 7.89. The van der Waals surface area contributed by atoms with Crippen molar-refractivity contribution in [1.29, 1.82) is 0 Å². The van der Waals surface area contributed by atoms with Crippen molar-refractivity contribution in [3.8, 4) is 0 Å². The highest BCUT2D eigenvalue weighted by atomic mass is 16.5. The van der Waals surface area contributed by atoms with Gasteiger partial charge in [-0.3, -0.25) is 4.79 Å². The number of carbonyl (C=O) groups is 1. The fourth-order valence-electron chi connectivity index (χ4n) is 3.93. The van der Waals surface area contributed by atoms with Crippen LogP contribution < -0.4 is 0 Å². The number of aromatic nitrogens is 1. The van der Waals surface area contributed by atoms with Crippen molar-refractivity contribution in [2.45, 2.75) is 32.2 Å². The minimum atomic E-state index is 0.0775.